The minimum atomic E-state index is -0.146. The van der Waals surface area contributed by atoms with E-state index in [1.54, 1.807) is 4.68 Å². The second-order valence-electron chi connectivity index (χ2n) is 7.64. The van der Waals surface area contributed by atoms with Crippen molar-refractivity contribution in [3.8, 4) is 0 Å². The molecule has 2 aromatic carbocycles. The maximum Gasteiger partial charge on any atom is 0.257 e. The van der Waals surface area contributed by atoms with Gasteiger partial charge in [0, 0.05) is 72.8 Å². The number of anilines is 2. The van der Waals surface area contributed by atoms with E-state index >= 15 is 0 Å². The summed E-state index contributed by atoms with van der Waals surface area (Å²) in [5, 5.41) is 13.1. The van der Waals surface area contributed by atoms with E-state index in [0.717, 1.165) is 65.1 Å². The molecule has 3 N–H and O–H groups in total. The van der Waals surface area contributed by atoms with Crippen molar-refractivity contribution in [2.24, 2.45) is 7.05 Å². The van der Waals surface area contributed by atoms with Crippen LogP contribution in [-0.2, 0) is 7.05 Å². The van der Waals surface area contributed by atoms with Crippen LogP contribution in [0.4, 0.5) is 11.4 Å². The van der Waals surface area contributed by atoms with E-state index in [0.29, 0.717) is 5.56 Å². The number of carbonyl (C=O) groups excluding carboxylic acids is 1. The van der Waals surface area contributed by atoms with E-state index in [1.165, 1.54) is 0 Å². The van der Waals surface area contributed by atoms with Crippen LogP contribution in [0.15, 0.2) is 42.6 Å². The smallest absolute Gasteiger partial charge is 0.257 e. The van der Waals surface area contributed by atoms with Crippen molar-refractivity contribution in [2.75, 3.05) is 36.4 Å². The average molecular weight is 388 g/mol. The Kier molecular flexibility index (Phi) is 4.24. The second-order valence-corrected chi connectivity index (χ2v) is 7.64. The second kappa shape index (κ2) is 6.93. The highest BCUT2D eigenvalue weighted by atomic mass is 16.1. The zero-order valence-corrected chi connectivity index (χ0v) is 16.6. The zero-order valence-electron chi connectivity index (χ0n) is 16.6. The van der Waals surface area contributed by atoms with Gasteiger partial charge in [0.05, 0.1) is 5.56 Å². The third-order valence-corrected chi connectivity index (χ3v) is 5.48. The Labute approximate surface area is 168 Å². The normalized spacial score (nSPS) is 14.6. The Bertz CT molecular complexity index is 1210. The number of carbonyl (C=O) groups is 1. The standard InChI is InChI=1S/C22H24N6O/c1-14-11-15-12-16(3-5-19(15)24-14)25-22(29)17-4-6-20(28-9-7-23-8-10-28)18-13-27(2)26-21(17)18/h3-6,11-13,23-24H,7-10H2,1-2H3,(H,25,29). The summed E-state index contributed by atoms with van der Waals surface area (Å²) in [6.45, 7) is 5.85. The molecular formula is C22H24N6O. The largest absolute Gasteiger partial charge is 0.368 e. The molecule has 1 aliphatic heterocycles. The fraction of sp³-hybridized carbons (Fsp3) is 0.273. The Morgan fingerprint density at radius 3 is 2.79 bits per heavy atom. The minimum Gasteiger partial charge on any atom is -0.368 e. The fourth-order valence-electron chi connectivity index (χ4n) is 4.12. The predicted octanol–water partition coefficient (Wildman–Crippen LogP) is 3.02. The first kappa shape index (κ1) is 17.8. The molecule has 7 nitrogen and oxygen atoms in total. The molecule has 148 valence electrons. The lowest BCUT2D eigenvalue weighted by molar-refractivity contribution is 0.102. The quantitative estimate of drug-likeness (QED) is 0.504. The van der Waals surface area contributed by atoms with Gasteiger partial charge in [0.1, 0.15) is 5.52 Å². The number of amides is 1. The molecule has 1 fully saturated rings. The summed E-state index contributed by atoms with van der Waals surface area (Å²) in [5.41, 5.74) is 5.40. The predicted molar refractivity (Wildman–Crippen MR) is 117 cm³/mol. The molecule has 0 aliphatic carbocycles. The van der Waals surface area contributed by atoms with Gasteiger partial charge in [-0.1, -0.05) is 0 Å². The Balaban J connectivity index is 1.49. The first-order chi connectivity index (χ1) is 14.1. The lowest BCUT2D eigenvalue weighted by Gasteiger charge is -2.30. The van der Waals surface area contributed by atoms with Crippen LogP contribution in [0, 0.1) is 6.92 Å². The maximum atomic E-state index is 13.1. The van der Waals surface area contributed by atoms with Gasteiger partial charge in [0.2, 0.25) is 0 Å². The van der Waals surface area contributed by atoms with E-state index in [9.17, 15) is 4.79 Å². The third-order valence-electron chi connectivity index (χ3n) is 5.48. The molecule has 7 heteroatoms. The Hall–Kier alpha value is -3.32. The molecule has 0 spiro atoms. The van der Waals surface area contributed by atoms with Crippen LogP contribution in [0.2, 0.25) is 0 Å². The Morgan fingerprint density at radius 1 is 1.14 bits per heavy atom. The van der Waals surface area contributed by atoms with Crippen LogP contribution < -0.4 is 15.5 Å². The minimum absolute atomic E-state index is 0.146. The first-order valence-corrected chi connectivity index (χ1v) is 9.91. The summed E-state index contributed by atoms with van der Waals surface area (Å²) in [6, 6.07) is 11.9. The van der Waals surface area contributed by atoms with Crippen LogP contribution in [0.3, 0.4) is 0 Å². The number of aromatic amines is 1. The number of aryl methyl sites for hydroxylation is 2. The number of nitrogens with zero attached hydrogens (tertiary/aromatic N) is 3. The average Bonchev–Trinajstić information content (AvgIpc) is 3.28. The Morgan fingerprint density at radius 2 is 1.97 bits per heavy atom. The molecule has 5 rings (SSSR count). The zero-order chi connectivity index (χ0) is 20.0. The van der Waals surface area contributed by atoms with Gasteiger partial charge < -0.3 is 20.5 Å². The third kappa shape index (κ3) is 3.23. The summed E-state index contributed by atoms with van der Waals surface area (Å²) < 4.78 is 1.78. The van der Waals surface area contributed by atoms with Gasteiger partial charge in [-0.05, 0) is 43.3 Å². The van der Waals surface area contributed by atoms with Crippen molar-refractivity contribution < 1.29 is 4.79 Å². The number of fused-ring (bicyclic) bond motifs is 2. The number of rotatable bonds is 3. The molecule has 0 bridgehead atoms. The molecule has 2 aromatic heterocycles. The van der Waals surface area contributed by atoms with Gasteiger partial charge in [0.15, 0.2) is 0 Å². The van der Waals surface area contributed by atoms with Crippen LogP contribution >= 0.6 is 0 Å². The summed E-state index contributed by atoms with van der Waals surface area (Å²) in [6.07, 6.45) is 2.00. The van der Waals surface area contributed by atoms with Crippen molar-refractivity contribution >= 4 is 39.1 Å². The molecular weight excluding hydrogens is 364 g/mol. The van der Waals surface area contributed by atoms with Gasteiger partial charge in [-0.15, -0.1) is 0 Å². The van der Waals surface area contributed by atoms with Crippen molar-refractivity contribution in [3.63, 3.8) is 0 Å². The van der Waals surface area contributed by atoms with Crippen molar-refractivity contribution in [2.45, 2.75) is 6.92 Å². The van der Waals surface area contributed by atoms with E-state index < -0.39 is 0 Å². The summed E-state index contributed by atoms with van der Waals surface area (Å²) in [7, 11) is 1.89. The molecule has 1 amide bonds. The molecule has 0 saturated carbocycles. The number of piperazine rings is 1. The monoisotopic (exact) mass is 388 g/mol. The summed E-state index contributed by atoms with van der Waals surface area (Å²) >= 11 is 0. The van der Waals surface area contributed by atoms with Crippen molar-refractivity contribution in [1.82, 2.24) is 20.1 Å². The maximum absolute atomic E-state index is 13.1. The molecule has 3 heterocycles. The molecule has 1 aliphatic rings. The van der Waals surface area contributed by atoms with Crippen molar-refractivity contribution in [3.05, 3.63) is 53.9 Å². The SMILES string of the molecule is Cc1cc2cc(NC(=O)c3ccc(N4CCNCC4)c4cn(C)nc34)ccc2[nH]1. The molecule has 0 unspecified atom stereocenters. The van der Waals surface area contributed by atoms with Crippen LogP contribution in [0.5, 0.6) is 0 Å². The van der Waals surface area contributed by atoms with Gasteiger partial charge in [-0.25, -0.2) is 0 Å². The lowest BCUT2D eigenvalue weighted by Crippen LogP contribution is -2.43. The van der Waals surface area contributed by atoms with Crippen LogP contribution in [0.1, 0.15) is 16.1 Å². The number of benzene rings is 2. The van der Waals surface area contributed by atoms with E-state index in [-0.39, 0.29) is 5.91 Å². The number of nitrogens with one attached hydrogen (secondary N) is 3. The number of hydrogen-bond donors (Lipinski definition) is 3. The first-order valence-electron chi connectivity index (χ1n) is 9.91. The highest BCUT2D eigenvalue weighted by Crippen LogP contribution is 2.30. The number of H-pyrrole nitrogens is 1. The topological polar surface area (TPSA) is 78.0 Å². The van der Waals surface area contributed by atoms with E-state index in [1.807, 2.05) is 50.5 Å². The molecule has 1 saturated heterocycles. The summed E-state index contributed by atoms with van der Waals surface area (Å²) in [5.74, 6) is -0.146. The van der Waals surface area contributed by atoms with Gasteiger partial charge in [0.25, 0.3) is 5.91 Å². The van der Waals surface area contributed by atoms with Crippen molar-refractivity contribution in [1.29, 1.82) is 0 Å². The number of hydrogen-bond acceptors (Lipinski definition) is 4. The van der Waals surface area contributed by atoms with Gasteiger partial charge >= 0.3 is 0 Å². The molecule has 0 radical (unpaired) electrons. The molecule has 0 atom stereocenters. The van der Waals surface area contributed by atoms with E-state index in [2.05, 4.69) is 31.7 Å². The van der Waals surface area contributed by atoms with Gasteiger partial charge in [-0.2, -0.15) is 5.10 Å². The number of aromatic nitrogens is 3. The summed E-state index contributed by atoms with van der Waals surface area (Å²) in [4.78, 5) is 18.7. The molecule has 4 aromatic rings. The lowest BCUT2D eigenvalue weighted by atomic mass is 10.1. The highest BCUT2D eigenvalue weighted by Gasteiger charge is 2.20. The van der Waals surface area contributed by atoms with E-state index in [4.69, 9.17) is 0 Å². The van der Waals surface area contributed by atoms with Crippen LogP contribution in [-0.4, -0.2) is 46.9 Å². The fourth-order valence-corrected chi connectivity index (χ4v) is 4.12. The molecule has 29 heavy (non-hydrogen) atoms. The van der Waals surface area contributed by atoms with Gasteiger partial charge in [-0.3, -0.25) is 9.48 Å². The highest BCUT2D eigenvalue weighted by molar-refractivity contribution is 6.14. The van der Waals surface area contributed by atoms with Crippen LogP contribution in [0.25, 0.3) is 21.8 Å².